The minimum absolute atomic E-state index is 0.155. The van der Waals surface area contributed by atoms with Crippen LogP contribution >= 0.6 is 11.6 Å². The molecule has 0 radical (unpaired) electrons. The van der Waals surface area contributed by atoms with Crippen LogP contribution in [0.5, 0.6) is 5.75 Å². The van der Waals surface area contributed by atoms with Crippen LogP contribution in [0.2, 0.25) is 5.02 Å². The second-order valence-corrected chi connectivity index (χ2v) is 7.39. The van der Waals surface area contributed by atoms with Gasteiger partial charge in [-0.3, -0.25) is 4.90 Å². The number of carbonyl (C=O) groups excluding carboxylic acids is 1. The van der Waals surface area contributed by atoms with Gasteiger partial charge in [-0.05, 0) is 40.7 Å². The second-order valence-electron chi connectivity index (χ2n) is 6.98. The lowest BCUT2D eigenvalue weighted by atomic mass is 10.1. The second kappa shape index (κ2) is 7.61. The summed E-state index contributed by atoms with van der Waals surface area (Å²) in [4.78, 5) is 27.4. The number of hydrogen-bond acceptors (Lipinski definition) is 5. The first kappa shape index (κ1) is 20.2. The van der Waals surface area contributed by atoms with E-state index >= 15 is 0 Å². The standard InChI is InChI=1S/C18H25ClN2O5/c1-6-20(7-2)12-9-14-13(8-11(12)19)21(10-15(25-14)16(22)23)17(24)26-18(3,4)5/h8-9,15H,6-7,10H2,1-5H3,(H,22,23). The maximum atomic E-state index is 12.6. The fraction of sp³-hybridized carbons (Fsp3) is 0.556. The fourth-order valence-corrected chi connectivity index (χ4v) is 2.99. The molecule has 0 bridgehead atoms. The zero-order chi connectivity index (χ0) is 19.6. The van der Waals surface area contributed by atoms with Crippen LogP contribution in [0.25, 0.3) is 0 Å². The molecule has 1 aliphatic heterocycles. The number of hydrogen-bond donors (Lipinski definition) is 1. The molecule has 1 aromatic rings. The van der Waals surface area contributed by atoms with Crippen molar-refractivity contribution in [2.75, 3.05) is 29.4 Å². The van der Waals surface area contributed by atoms with Crippen molar-refractivity contribution in [1.82, 2.24) is 0 Å². The number of rotatable bonds is 4. The van der Waals surface area contributed by atoms with E-state index in [0.29, 0.717) is 16.5 Å². The molecule has 8 heteroatoms. The molecule has 1 aromatic carbocycles. The van der Waals surface area contributed by atoms with E-state index in [9.17, 15) is 14.7 Å². The molecule has 0 saturated heterocycles. The van der Waals surface area contributed by atoms with Gasteiger partial charge < -0.3 is 19.5 Å². The summed E-state index contributed by atoms with van der Waals surface area (Å²) in [5.74, 6) is -0.857. The Kier molecular flexibility index (Phi) is 5.91. The van der Waals surface area contributed by atoms with Gasteiger partial charge in [0.15, 0.2) is 0 Å². The Labute approximate surface area is 158 Å². The summed E-state index contributed by atoms with van der Waals surface area (Å²) in [6.07, 6.45) is -1.82. The fourth-order valence-electron chi connectivity index (χ4n) is 2.72. The molecule has 144 valence electrons. The molecule has 0 aromatic heterocycles. The van der Waals surface area contributed by atoms with Crippen molar-refractivity contribution in [2.24, 2.45) is 0 Å². The molecular formula is C18H25ClN2O5. The van der Waals surface area contributed by atoms with E-state index in [1.165, 1.54) is 4.90 Å². The van der Waals surface area contributed by atoms with E-state index in [2.05, 4.69) is 0 Å². The predicted octanol–water partition coefficient (Wildman–Crippen LogP) is 3.77. The van der Waals surface area contributed by atoms with E-state index in [0.717, 1.165) is 18.8 Å². The Balaban J connectivity index is 2.49. The number of halogens is 1. The highest BCUT2D eigenvalue weighted by Crippen LogP contribution is 2.42. The van der Waals surface area contributed by atoms with E-state index in [1.54, 1.807) is 32.9 Å². The Morgan fingerprint density at radius 2 is 1.96 bits per heavy atom. The van der Waals surface area contributed by atoms with Crippen molar-refractivity contribution in [1.29, 1.82) is 0 Å². The number of carboxylic acid groups (broad SMARTS) is 1. The first-order valence-corrected chi connectivity index (χ1v) is 8.93. The van der Waals surface area contributed by atoms with Gasteiger partial charge in [-0.15, -0.1) is 0 Å². The molecule has 1 aliphatic rings. The summed E-state index contributed by atoms with van der Waals surface area (Å²) in [5, 5.41) is 9.84. The predicted molar refractivity (Wildman–Crippen MR) is 101 cm³/mol. The largest absolute Gasteiger partial charge is 0.478 e. The Hall–Kier alpha value is -2.15. The van der Waals surface area contributed by atoms with Crippen molar-refractivity contribution in [3.05, 3.63) is 17.2 Å². The molecule has 26 heavy (non-hydrogen) atoms. The number of aliphatic carboxylic acids is 1. The van der Waals surface area contributed by atoms with Gasteiger partial charge in [0.25, 0.3) is 0 Å². The van der Waals surface area contributed by atoms with Gasteiger partial charge in [0, 0.05) is 19.2 Å². The van der Waals surface area contributed by atoms with Gasteiger partial charge in [-0.1, -0.05) is 11.6 Å². The molecule has 1 unspecified atom stereocenters. The lowest BCUT2D eigenvalue weighted by molar-refractivity contribution is -0.144. The van der Waals surface area contributed by atoms with Crippen LogP contribution in [0.3, 0.4) is 0 Å². The van der Waals surface area contributed by atoms with Gasteiger partial charge in [-0.25, -0.2) is 9.59 Å². The summed E-state index contributed by atoms with van der Waals surface area (Å²) >= 11 is 6.42. The third-order valence-corrected chi connectivity index (χ3v) is 4.23. The summed E-state index contributed by atoms with van der Waals surface area (Å²) in [7, 11) is 0. The molecule has 0 aliphatic carbocycles. The zero-order valence-corrected chi connectivity index (χ0v) is 16.5. The average molecular weight is 385 g/mol. The summed E-state index contributed by atoms with van der Waals surface area (Å²) in [6, 6.07) is 3.30. The van der Waals surface area contributed by atoms with Crippen LogP contribution in [-0.2, 0) is 9.53 Å². The van der Waals surface area contributed by atoms with Crippen molar-refractivity contribution in [3.8, 4) is 5.75 Å². The molecule has 0 saturated carbocycles. The lowest BCUT2D eigenvalue weighted by Gasteiger charge is -2.35. The van der Waals surface area contributed by atoms with Crippen molar-refractivity contribution in [2.45, 2.75) is 46.3 Å². The van der Waals surface area contributed by atoms with Crippen molar-refractivity contribution >= 4 is 35.0 Å². The van der Waals surface area contributed by atoms with Crippen LogP contribution in [0.4, 0.5) is 16.2 Å². The minimum atomic E-state index is -1.18. The van der Waals surface area contributed by atoms with Crippen LogP contribution in [0.15, 0.2) is 12.1 Å². The number of carboxylic acids is 1. The average Bonchev–Trinajstić information content (AvgIpc) is 2.53. The van der Waals surface area contributed by atoms with Gasteiger partial charge >= 0.3 is 12.1 Å². The highest BCUT2D eigenvalue weighted by molar-refractivity contribution is 6.33. The number of benzene rings is 1. The minimum Gasteiger partial charge on any atom is -0.478 e. The van der Waals surface area contributed by atoms with Crippen molar-refractivity contribution in [3.63, 3.8) is 0 Å². The summed E-state index contributed by atoms with van der Waals surface area (Å²) in [6.45, 7) is 10.5. The molecule has 1 N–H and O–H groups in total. The number of ether oxygens (including phenoxy) is 2. The molecule has 0 fully saturated rings. The van der Waals surface area contributed by atoms with Crippen LogP contribution in [-0.4, -0.2) is 48.5 Å². The number of fused-ring (bicyclic) bond motifs is 1. The van der Waals surface area contributed by atoms with Crippen LogP contribution < -0.4 is 14.5 Å². The van der Waals surface area contributed by atoms with E-state index < -0.39 is 23.8 Å². The highest BCUT2D eigenvalue weighted by atomic mass is 35.5. The number of nitrogens with zero attached hydrogens (tertiary/aromatic N) is 2. The molecule has 2 rings (SSSR count). The van der Waals surface area contributed by atoms with Gasteiger partial charge in [-0.2, -0.15) is 0 Å². The monoisotopic (exact) mass is 384 g/mol. The molecule has 7 nitrogen and oxygen atoms in total. The molecule has 1 atom stereocenters. The molecule has 1 heterocycles. The zero-order valence-electron chi connectivity index (χ0n) is 15.7. The first-order chi connectivity index (χ1) is 12.1. The Bertz CT molecular complexity index is 698. The molecule has 1 amide bonds. The highest BCUT2D eigenvalue weighted by Gasteiger charge is 2.37. The Morgan fingerprint density at radius 3 is 2.46 bits per heavy atom. The maximum Gasteiger partial charge on any atom is 0.415 e. The van der Waals surface area contributed by atoms with Crippen molar-refractivity contribution < 1.29 is 24.2 Å². The number of carbonyl (C=O) groups is 2. The SMILES string of the molecule is CCN(CC)c1cc2c(cc1Cl)N(C(=O)OC(C)(C)C)CC(C(=O)O)O2. The quantitative estimate of drug-likeness (QED) is 0.851. The smallest absolute Gasteiger partial charge is 0.415 e. The molecular weight excluding hydrogens is 360 g/mol. The number of amides is 1. The van der Waals surface area contributed by atoms with Crippen LogP contribution in [0, 0.1) is 0 Å². The normalized spacial score (nSPS) is 16.5. The number of anilines is 2. The van der Waals surface area contributed by atoms with Gasteiger partial charge in [0.1, 0.15) is 11.4 Å². The summed E-state index contributed by atoms with van der Waals surface area (Å²) in [5.41, 5.74) is 0.419. The van der Waals surface area contributed by atoms with Crippen LogP contribution in [0.1, 0.15) is 34.6 Å². The van der Waals surface area contributed by atoms with Gasteiger partial charge in [0.2, 0.25) is 6.10 Å². The maximum absolute atomic E-state index is 12.6. The third kappa shape index (κ3) is 4.33. The van der Waals surface area contributed by atoms with E-state index in [1.807, 2.05) is 18.7 Å². The topological polar surface area (TPSA) is 79.3 Å². The van der Waals surface area contributed by atoms with E-state index in [-0.39, 0.29) is 6.54 Å². The lowest BCUT2D eigenvalue weighted by Crippen LogP contribution is -2.48. The van der Waals surface area contributed by atoms with Gasteiger partial charge in [0.05, 0.1) is 22.9 Å². The van der Waals surface area contributed by atoms with E-state index in [4.69, 9.17) is 21.1 Å². The summed E-state index contributed by atoms with van der Waals surface area (Å²) < 4.78 is 11.0. The molecule has 0 spiro atoms. The Morgan fingerprint density at radius 1 is 1.35 bits per heavy atom. The first-order valence-electron chi connectivity index (χ1n) is 8.55. The third-order valence-electron chi connectivity index (χ3n) is 3.93.